The van der Waals surface area contributed by atoms with Crippen LogP contribution in [-0.2, 0) is 11.2 Å². The Morgan fingerprint density at radius 3 is 2.27 bits per heavy atom. The number of primary amides is 1. The summed E-state index contributed by atoms with van der Waals surface area (Å²) in [5.41, 5.74) is 9.42. The zero-order chi connectivity index (χ0) is 21.3. The summed E-state index contributed by atoms with van der Waals surface area (Å²) in [4.78, 5) is 30.8. The number of hydrogen-bond donors (Lipinski definition) is 1. The van der Waals surface area contributed by atoms with Gasteiger partial charge in [0, 0.05) is 17.4 Å². The first kappa shape index (κ1) is 20.0. The normalized spacial score (nSPS) is 12.2. The maximum absolute atomic E-state index is 13.5. The summed E-state index contributed by atoms with van der Waals surface area (Å²) in [7, 11) is 0. The average Bonchev–Trinajstić information content (AvgIpc) is 3.20. The lowest BCUT2D eigenvalue weighted by molar-refractivity contribution is -0.121. The van der Waals surface area contributed by atoms with Gasteiger partial charge >= 0.3 is 0 Å². The SMILES string of the molecule is CCc1nc2scc(-c3ccc(-c4ccccc4)cc3)c2c(=O)n1C(CC)C(N)=O. The number of benzene rings is 2. The molecule has 4 aromatic rings. The zero-order valence-corrected chi connectivity index (χ0v) is 17.8. The van der Waals surface area contributed by atoms with Crippen LogP contribution >= 0.6 is 11.3 Å². The summed E-state index contributed by atoms with van der Waals surface area (Å²) >= 11 is 1.45. The van der Waals surface area contributed by atoms with E-state index in [-0.39, 0.29) is 5.56 Å². The molecule has 0 aliphatic heterocycles. The number of nitrogens with zero attached hydrogens (tertiary/aromatic N) is 2. The van der Waals surface area contributed by atoms with E-state index in [0.717, 1.165) is 22.3 Å². The average molecular weight is 418 g/mol. The van der Waals surface area contributed by atoms with Crippen molar-refractivity contribution in [3.8, 4) is 22.3 Å². The Morgan fingerprint density at radius 1 is 1.03 bits per heavy atom. The lowest BCUT2D eigenvalue weighted by atomic mass is 10.0. The summed E-state index contributed by atoms with van der Waals surface area (Å²) in [6.07, 6.45) is 0.995. The third kappa shape index (κ3) is 3.44. The molecule has 1 unspecified atom stereocenters. The number of carbonyl (C=O) groups is 1. The number of hydrogen-bond acceptors (Lipinski definition) is 4. The van der Waals surface area contributed by atoms with Crippen LogP contribution in [0.2, 0.25) is 0 Å². The van der Waals surface area contributed by atoms with Crippen molar-refractivity contribution in [1.82, 2.24) is 9.55 Å². The second-order valence-corrected chi connectivity index (χ2v) is 8.01. The molecule has 0 aliphatic carbocycles. The van der Waals surface area contributed by atoms with Crippen LogP contribution in [0.1, 0.15) is 32.1 Å². The zero-order valence-electron chi connectivity index (χ0n) is 17.0. The van der Waals surface area contributed by atoms with Crippen LogP contribution in [0.15, 0.2) is 64.8 Å². The number of fused-ring (bicyclic) bond motifs is 1. The van der Waals surface area contributed by atoms with Gasteiger partial charge in [-0.3, -0.25) is 14.2 Å². The lowest BCUT2D eigenvalue weighted by Crippen LogP contribution is -2.36. The highest BCUT2D eigenvalue weighted by atomic mass is 32.1. The maximum Gasteiger partial charge on any atom is 0.263 e. The van der Waals surface area contributed by atoms with Crippen LogP contribution in [0.25, 0.3) is 32.5 Å². The summed E-state index contributed by atoms with van der Waals surface area (Å²) in [6.45, 7) is 3.77. The molecular formula is C24H23N3O2S. The molecule has 152 valence electrons. The van der Waals surface area contributed by atoms with Crippen molar-refractivity contribution in [2.45, 2.75) is 32.7 Å². The minimum atomic E-state index is -0.697. The van der Waals surface area contributed by atoms with E-state index in [2.05, 4.69) is 24.3 Å². The molecule has 0 bridgehead atoms. The summed E-state index contributed by atoms with van der Waals surface area (Å²) in [5, 5.41) is 2.51. The number of nitrogens with two attached hydrogens (primary N) is 1. The number of aryl methyl sites for hydroxylation is 1. The molecule has 0 fully saturated rings. The third-order valence-electron chi connectivity index (χ3n) is 5.36. The first-order chi connectivity index (χ1) is 14.5. The van der Waals surface area contributed by atoms with Gasteiger partial charge < -0.3 is 5.73 Å². The van der Waals surface area contributed by atoms with Gasteiger partial charge in [-0.15, -0.1) is 11.3 Å². The minimum Gasteiger partial charge on any atom is -0.368 e. The first-order valence-corrected chi connectivity index (χ1v) is 10.9. The number of carbonyl (C=O) groups excluding carboxylic acids is 1. The Morgan fingerprint density at radius 2 is 1.67 bits per heavy atom. The molecular weight excluding hydrogens is 394 g/mol. The largest absolute Gasteiger partial charge is 0.368 e. The number of aromatic nitrogens is 2. The van der Waals surface area contributed by atoms with Crippen LogP contribution in [0, 0.1) is 0 Å². The molecule has 6 heteroatoms. The monoisotopic (exact) mass is 417 g/mol. The van der Waals surface area contributed by atoms with Gasteiger partial charge in [0.2, 0.25) is 5.91 Å². The predicted octanol–water partition coefficient (Wildman–Crippen LogP) is 4.79. The van der Waals surface area contributed by atoms with Gasteiger partial charge in [-0.2, -0.15) is 0 Å². The summed E-state index contributed by atoms with van der Waals surface area (Å²) in [6, 6.07) is 17.6. The van der Waals surface area contributed by atoms with Crippen LogP contribution in [0.3, 0.4) is 0 Å². The molecule has 5 nitrogen and oxygen atoms in total. The molecule has 2 N–H and O–H groups in total. The maximum atomic E-state index is 13.5. The number of amides is 1. The van der Waals surface area contributed by atoms with Crippen LogP contribution < -0.4 is 11.3 Å². The van der Waals surface area contributed by atoms with E-state index < -0.39 is 11.9 Å². The second-order valence-electron chi connectivity index (χ2n) is 7.16. The second kappa shape index (κ2) is 8.24. The van der Waals surface area contributed by atoms with Gasteiger partial charge in [0.05, 0.1) is 5.39 Å². The Hall–Kier alpha value is -3.25. The molecule has 30 heavy (non-hydrogen) atoms. The molecule has 2 aromatic heterocycles. The van der Waals surface area contributed by atoms with Crippen molar-refractivity contribution in [3.63, 3.8) is 0 Å². The molecule has 0 spiro atoms. The van der Waals surface area contributed by atoms with Gasteiger partial charge in [0.1, 0.15) is 16.7 Å². The van der Waals surface area contributed by atoms with Crippen molar-refractivity contribution in [1.29, 1.82) is 0 Å². The molecule has 2 aromatic carbocycles. The number of rotatable bonds is 6. The highest BCUT2D eigenvalue weighted by Crippen LogP contribution is 2.33. The fourth-order valence-corrected chi connectivity index (χ4v) is 4.77. The topological polar surface area (TPSA) is 78.0 Å². The van der Waals surface area contributed by atoms with E-state index in [1.54, 1.807) is 0 Å². The van der Waals surface area contributed by atoms with Gasteiger partial charge in [-0.1, -0.05) is 68.4 Å². The third-order valence-corrected chi connectivity index (χ3v) is 6.23. The summed E-state index contributed by atoms with van der Waals surface area (Å²) in [5.74, 6) is 0.0745. The quantitative estimate of drug-likeness (QED) is 0.490. The lowest BCUT2D eigenvalue weighted by Gasteiger charge is -2.18. The van der Waals surface area contributed by atoms with Gasteiger partial charge in [0.25, 0.3) is 5.56 Å². The van der Waals surface area contributed by atoms with Crippen LogP contribution in [0.5, 0.6) is 0 Å². The predicted molar refractivity (Wildman–Crippen MR) is 123 cm³/mol. The Labute approximate surface area is 178 Å². The van der Waals surface area contributed by atoms with Crippen LogP contribution in [-0.4, -0.2) is 15.5 Å². The smallest absolute Gasteiger partial charge is 0.263 e. The Kier molecular flexibility index (Phi) is 5.50. The molecule has 1 atom stereocenters. The fourth-order valence-electron chi connectivity index (χ4n) is 3.81. The van der Waals surface area contributed by atoms with Crippen molar-refractivity contribution >= 4 is 27.5 Å². The van der Waals surface area contributed by atoms with E-state index >= 15 is 0 Å². The van der Waals surface area contributed by atoms with E-state index in [4.69, 9.17) is 10.7 Å². The Bertz CT molecular complexity index is 1260. The van der Waals surface area contributed by atoms with E-state index in [1.807, 2.05) is 49.6 Å². The molecule has 0 aliphatic rings. The molecule has 0 saturated heterocycles. The van der Waals surface area contributed by atoms with Crippen molar-refractivity contribution in [3.05, 3.63) is 76.2 Å². The molecule has 4 rings (SSSR count). The molecule has 2 heterocycles. The van der Waals surface area contributed by atoms with Gasteiger partial charge in [0.15, 0.2) is 0 Å². The minimum absolute atomic E-state index is 0.203. The van der Waals surface area contributed by atoms with E-state index in [9.17, 15) is 9.59 Å². The highest BCUT2D eigenvalue weighted by molar-refractivity contribution is 7.17. The first-order valence-electron chi connectivity index (χ1n) is 10.0. The number of thiophene rings is 1. The molecule has 0 radical (unpaired) electrons. The van der Waals surface area contributed by atoms with Crippen molar-refractivity contribution in [2.24, 2.45) is 5.73 Å². The summed E-state index contributed by atoms with van der Waals surface area (Å²) < 4.78 is 1.49. The van der Waals surface area contributed by atoms with Gasteiger partial charge in [-0.25, -0.2) is 4.98 Å². The van der Waals surface area contributed by atoms with Crippen molar-refractivity contribution in [2.75, 3.05) is 0 Å². The standard InChI is InChI=1S/C24H23N3O2S/c1-3-19(22(25)28)27-20(4-2)26-23-21(24(27)29)18(14-30-23)17-12-10-16(11-13-17)15-8-6-5-7-9-15/h5-14,19H,3-4H2,1-2H3,(H2,25,28). The van der Waals surface area contributed by atoms with Crippen LogP contribution in [0.4, 0.5) is 0 Å². The molecule has 0 saturated carbocycles. The fraction of sp³-hybridized carbons (Fsp3) is 0.208. The molecule has 1 amide bonds. The Balaban J connectivity index is 1.87. The van der Waals surface area contributed by atoms with E-state index in [0.29, 0.717) is 28.9 Å². The van der Waals surface area contributed by atoms with Gasteiger partial charge in [-0.05, 0) is 23.1 Å². The van der Waals surface area contributed by atoms with E-state index in [1.165, 1.54) is 15.9 Å². The van der Waals surface area contributed by atoms with Crippen molar-refractivity contribution < 1.29 is 4.79 Å². The highest BCUT2D eigenvalue weighted by Gasteiger charge is 2.24.